The first kappa shape index (κ1) is 22.4. The van der Waals surface area contributed by atoms with Gasteiger partial charge in [0.2, 0.25) is 15.9 Å². The van der Waals surface area contributed by atoms with Crippen LogP contribution in [0.25, 0.3) is 0 Å². The van der Waals surface area contributed by atoms with Crippen molar-refractivity contribution in [2.75, 3.05) is 19.6 Å². The zero-order valence-electron chi connectivity index (χ0n) is 15.5. The standard InChI is InChI=1S/C17H26ClN3O4S/c1-5-21(6-2)26(24,25)13-7-8-15(18)14(11-13)17(23)19-10-9-16(22)20-12(3)4/h7-8,11-12H,5-6,9-10H2,1-4H3,(H,19,23)(H,20,22). The average molecular weight is 404 g/mol. The van der Waals surface area contributed by atoms with E-state index in [0.717, 1.165) is 0 Å². The van der Waals surface area contributed by atoms with E-state index in [-0.39, 0.29) is 40.4 Å². The second kappa shape index (κ2) is 9.89. The molecular weight excluding hydrogens is 378 g/mol. The van der Waals surface area contributed by atoms with Gasteiger partial charge in [-0.2, -0.15) is 4.31 Å². The molecule has 0 bridgehead atoms. The van der Waals surface area contributed by atoms with Crippen molar-refractivity contribution < 1.29 is 18.0 Å². The molecule has 9 heteroatoms. The predicted octanol–water partition coefficient (Wildman–Crippen LogP) is 2.01. The van der Waals surface area contributed by atoms with E-state index in [2.05, 4.69) is 10.6 Å². The Labute approximate surface area is 160 Å². The first-order chi connectivity index (χ1) is 12.1. The minimum atomic E-state index is -3.69. The van der Waals surface area contributed by atoms with Gasteiger partial charge in [-0.05, 0) is 32.0 Å². The molecule has 0 radical (unpaired) electrons. The van der Waals surface area contributed by atoms with Gasteiger partial charge in [-0.15, -0.1) is 0 Å². The SMILES string of the molecule is CCN(CC)S(=O)(=O)c1ccc(Cl)c(C(=O)NCCC(=O)NC(C)C)c1. The molecule has 0 heterocycles. The van der Waals surface area contributed by atoms with Crippen molar-refractivity contribution in [3.05, 3.63) is 28.8 Å². The Bertz CT molecular complexity index is 746. The van der Waals surface area contributed by atoms with Gasteiger partial charge in [0.05, 0.1) is 15.5 Å². The van der Waals surface area contributed by atoms with Gasteiger partial charge in [0.15, 0.2) is 0 Å². The van der Waals surface area contributed by atoms with Crippen LogP contribution < -0.4 is 10.6 Å². The zero-order valence-corrected chi connectivity index (χ0v) is 17.1. The Hall–Kier alpha value is -1.64. The molecule has 2 amide bonds. The van der Waals surface area contributed by atoms with E-state index >= 15 is 0 Å². The van der Waals surface area contributed by atoms with Crippen LogP contribution in [0.1, 0.15) is 44.5 Å². The highest BCUT2D eigenvalue weighted by Gasteiger charge is 2.23. The minimum Gasteiger partial charge on any atom is -0.354 e. The highest BCUT2D eigenvalue weighted by molar-refractivity contribution is 7.89. The summed E-state index contributed by atoms with van der Waals surface area (Å²) in [6, 6.07) is 4.05. The maximum Gasteiger partial charge on any atom is 0.252 e. The van der Waals surface area contributed by atoms with Crippen molar-refractivity contribution in [2.45, 2.75) is 45.1 Å². The van der Waals surface area contributed by atoms with E-state index in [1.165, 1.54) is 22.5 Å². The van der Waals surface area contributed by atoms with Crippen LogP contribution in [-0.4, -0.2) is 50.2 Å². The summed E-state index contributed by atoms with van der Waals surface area (Å²) >= 11 is 6.05. The molecule has 7 nitrogen and oxygen atoms in total. The lowest BCUT2D eigenvalue weighted by atomic mass is 10.2. The van der Waals surface area contributed by atoms with E-state index in [1.54, 1.807) is 13.8 Å². The Morgan fingerprint density at radius 3 is 2.35 bits per heavy atom. The van der Waals surface area contributed by atoms with Crippen molar-refractivity contribution in [1.82, 2.24) is 14.9 Å². The first-order valence-corrected chi connectivity index (χ1v) is 10.3. The van der Waals surface area contributed by atoms with E-state index in [4.69, 9.17) is 11.6 Å². The predicted molar refractivity (Wildman–Crippen MR) is 102 cm³/mol. The molecule has 2 N–H and O–H groups in total. The monoisotopic (exact) mass is 403 g/mol. The second-order valence-electron chi connectivity index (χ2n) is 5.96. The number of rotatable bonds is 9. The number of nitrogens with zero attached hydrogens (tertiary/aromatic N) is 1. The number of amides is 2. The van der Waals surface area contributed by atoms with Crippen molar-refractivity contribution >= 4 is 33.4 Å². The van der Waals surface area contributed by atoms with E-state index in [1.807, 2.05) is 13.8 Å². The normalized spacial score (nSPS) is 11.7. The van der Waals surface area contributed by atoms with Gasteiger partial charge in [-0.3, -0.25) is 9.59 Å². The smallest absolute Gasteiger partial charge is 0.252 e. The van der Waals surface area contributed by atoms with E-state index in [9.17, 15) is 18.0 Å². The van der Waals surface area contributed by atoms with Crippen molar-refractivity contribution in [3.63, 3.8) is 0 Å². The van der Waals surface area contributed by atoms with Crippen molar-refractivity contribution in [3.8, 4) is 0 Å². The number of carbonyl (C=O) groups excluding carboxylic acids is 2. The number of benzene rings is 1. The van der Waals surface area contributed by atoms with Crippen LogP contribution in [-0.2, 0) is 14.8 Å². The Kier molecular flexibility index (Phi) is 8.52. The molecule has 1 rings (SSSR count). The topological polar surface area (TPSA) is 95.6 Å². The molecule has 0 aliphatic heterocycles. The summed E-state index contributed by atoms with van der Waals surface area (Å²) < 4.78 is 26.5. The summed E-state index contributed by atoms with van der Waals surface area (Å²) in [7, 11) is -3.69. The molecule has 0 aliphatic carbocycles. The van der Waals surface area contributed by atoms with Gasteiger partial charge in [0.25, 0.3) is 5.91 Å². The van der Waals surface area contributed by atoms with Gasteiger partial charge in [0.1, 0.15) is 0 Å². The molecule has 0 aromatic heterocycles. The lowest BCUT2D eigenvalue weighted by molar-refractivity contribution is -0.121. The van der Waals surface area contributed by atoms with Crippen molar-refractivity contribution in [2.24, 2.45) is 0 Å². The third-order valence-electron chi connectivity index (χ3n) is 3.61. The molecule has 0 atom stereocenters. The molecule has 26 heavy (non-hydrogen) atoms. The lowest BCUT2D eigenvalue weighted by Gasteiger charge is -2.19. The maximum atomic E-state index is 12.6. The summed E-state index contributed by atoms with van der Waals surface area (Å²) in [5.41, 5.74) is 0.0594. The molecule has 0 fully saturated rings. The molecule has 146 valence electrons. The van der Waals surface area contributed by atoms with Crippen LogP contribution in [0.4, 0.5) is 0 Å². The summed E-state index contributed by atoms with van der Waals surface area (Å²) in [5, 5.41) is 5.45. The molecular formula is C17H26ClN3O4S. The average Bonchev–Trinajstić information content (AvgIpc) is 2.55. The maximum absolute atomic E-state index is 12.6. The minimum absolute atomic E-state index is 0.00769. The molecule has 0 aliphatic rings. The highest BCUT2D eigenvalue weighted by Crippen LogP contribution is 2.23. The Balaban J connectivity index is 2.90. The third kappa shape index (κ3) is 5.96. The van der Waals surface area contributed by atoms with Crippen LogP contribution in [0, 0.1) is 0 Å². The van der Waals surface area contributed by atoms with Crippen LogP contribution in [0.3, 0.4) is 0 Å². The summed E-state index contributed by atoms with van der Waals surface area (Å²) in [6.07, 6.45) is 0.124. The Morgan fingerprint density at radius 1 is 1.19 bits per heavy atom. The van der Waals surface area contributed by atoms with Gasteiger partial charge in [-0.1, -0.05) is 25.4 Å². The lowest BCUT2D eigenvalue weighted by Crippen LogP contribution is -2.34. The molecule has 0 saturated carbocycles. The number of hydrogen-bond donors (Lipinski definition) is 2. The summed E-state index contributed by atoms with van der Waals surface area (Å²) in [6.45, 7) is 7.96. The van der Waals surface area contributed by atoms with Crippen LogP contribution in [0.15, 0.2) is 23.1 Å². The largest absolute Gasteiger partial charge is 0.354 e. The molecule has 0 unspecified atom stereocenters. The fraction of sp³-hybridized carbons (Fsp3) is 0.529. The first-order valence-electron chi connectivity index (χ1n) is 8.50. The number of nitrogens with one attached hydrogen (secondary N) is 2. The Morgan fingerprint density at radius 2 is 1.81 bits per heavy atom. The number of halogens is 1. The number of carbonyl (C=O) groups is 2. The fourth-order valence-corrected chi connectivity index (χ4v) is 4.02. The highest BCUT2D eigenvalue weighted by atomic mass is 35.5. The number of sulfonamides is 1. The summed E-state index contributed by atoms with van der Waals surface area (Å²) in [4.78, 5) is 23.9. The van der Waals surface area contributed by atoms with E-state index in [0.29, 0.717) is 13.1 Å². The fourth-order valence-electron chi connectivity index (χ4n) is 2.33. The molecule has 0 spiro atoms. The van der Waals surface area contributed by atoms with Crippen LogP contribution in [0.2, 0.25) is 5.02 Å². The number of hydrogen-bond acceptors (Lipinski definition) is 4. The second-order valence-corrected chi connectivity index (χ2v) is 8.30. The van der Waals surface area contributed by atoms with Gasteiger partial charge >= 0.3 is 0 Å². The third-order valence-corrected chi connectivity index (χ3v) is 5.99. The van der Waals surface area contributed by atoms with Crippen LogP contribution in [0.5, 0.6) is 0 Å². The summed E-state index contributed by atoms with van der Waals surface area (Å²) in [5.74, 6) is -0.701. The van der Waals surface area contributed by atoms with Gasteiger partial charge in [-0.25, -0.2) is 8.42 Å². The van der Waals surface area contributed by atoms with Gasteiger partial charge in [0, 0.05) is 32.1 Å². The zero-order chi connectivity index (χ0) is 19.9. The molecule has 0 saturated heterocycles. The van der Waals surface area contributed by atoms with Crippen molar-refractivity contribution in [1.29, 1.82) is 0 Å². The quantitative estimate of drug-likeness (QED) is 0.659. The van der Waals surface area contributed by atoms with Crippen LogP contribution >= 0.6 is 11.6 Å². The van der Waals surface area contributed by atoms with Gasteiger partial charge < -0.3 is 10.6 Å². The molecule has 1 aromatic rings. The van der Waals surface area contributed by atoms with E-state index < -0.39 is 15.9 Å². The molecule has 1 aromatic carbocycles.